The summed E-state index contributed by atoms with van der Waals surface area (Å²) in [7, 11) is 0. The van der Waals surface area contributed by atoms with Crippen LogP contribution in [-0.4, -0.2) is 10.8 Å². The van der Waals surface area contributed by atoms with Crippen LogP contribution in [0.3, 0.4) is 0 Å². The number of nitro benzene ring substituents is 1. The highest BCUT2D eigenvalue weighted by atomic mass is 79.9. The number of halogens is 1. The maximum atomic E-state index is 12.1. The largest absolute Gasteiger partial charge is 0.348 e. The fourth-order valence-electron chi connectivity index (χ4n) is 1.90. The number of carbonyl (C=O) groups is 1. The van der Waals surface area contributed by atoms with Gasteiger partial charge in [0.25, 0.3) is 11.6 Å². The molecule has 0 aliphatic rings. The normalized spacial score (nSPS) is 10.2. The molecule has 108 valence electrons. The first-order valence-electron chi connectivity index (χ1n) is 6.25. The smallest absolute Gasteiger partial charge is 0.274 e. The van der Waals surface area contributed by atoms with Crippen LogP contribution in [0.15, 0.2) is 46.9 Å². The minimum absolute atomic E-state index is 0.00443. The van der Waals surface area contributed by atoms with E-state index in [9.17, 15) is 14.9 Å². The van der Waals surface area contributed by atoms with Gasteiger partial charge < -0.3 is 5.32 Å². The molecule has 21 heavy (non-hydrogen) atoms. The van der Waals surface area contributed by atoms with Crippen LogP contribution in [0.1, 0.15) is 21.5 Å². The number of benzene rings is 2. The van der Waals surface area contributed by atoms with Crippen molar-refractivity contribution in [1.82, 2.24) is 5.32 Å². The van der Waals surface area contributed by atoms with E-state index >= 15 is 0 Å². The Kier molecular flexibility index (Phi) is 4.70. The van der Waals surface area contributed by atoms with Gasteiger partial charge in [0, 0.05) is 28.2 Å². The molecule has 0 radical (unpaired) electrons. The maximum absolute atomic E-state index is 12.1. The van der Waals surface area contributed by atoms with Gasteiger partial charge in [0.15, 0.2) is 0 Å². The first-order chi connectivity index (χ1) is 9.99. The van der Waals surface area contributed by atoms with E-state index in [1.54, 1.807) is 36.4 Å². The second kappa shape index (κ2) is 6.49. The molecule has 0 spiro atoms. The lowest BCUT2D eigenvalue weighted by molar-refractivity contribution is -0.385. The number of carbonyl (C=O) groups excluding carboxylic acids is 1. The second-order valence-corrected chi connectivity index (χ2v) is 5.39. The number of nitrogens with one attached hydrogen (secondary N) is 1. The van der Waals surface area contributed by atoms with Crippen LogP contribution < -0.4 is 5.32 Å². The van der Waals surface area contributed by atoms with Gasteiger partial charge >= 0.3 is 0 Å². The summed E-state index contributed by atoms with van der Waals surface area (Å²) < 4.78 is 0.928. The zero-order valence-electron chi connectivity index (χ0n) is 11.3. The molecule has 5 nitrogen and oxygen atoms in total. The van der Waals surface area contributed by atoms with Crippen molar-refractivity contribution in [2.24, 2.45) is 0 Å². The average molecular weight is 349 g/mol. The van der Waals surface area contributed by atoms with Gasteiger partial charge in [-0.05, 0) is 30.7 Å². The van der Waals surface area contributed by atoms with Gasteiger partial charge in [-0.25, -0.2) is 0 Å². The predicted molar refractivity (Wildman–Crippen MR) is 83.1 cm³/mol. The third-order valence-corrected chi connectivity index (χ3v) is 3.94. The topological polar surface area (TPSA) is 72.2 Å². The summed E-state index contributed by atoms with van der Waals surface area (Å²) in [6.07, 6.45) is 0. The molecule has 0 bridgehead atoms. The fraction of sp³-hybridized carbons (Fsp3) is 0.133. The van der Waals surface area contributed by atoms with Crippen molar-refractivity contribution in [2.45, 2.75) is 13.5 Å². The molecule has 0 fully saturated rings. The molecular weight excluding hydrogens is 336 g/mol. The van der Waals surface area contributed by atoms with E-state index in [-0.39, 0.29) is 18.1 Å². The van der Waals surface area contributed by atoms with E-state index in [0.717, 1.165) is 10.0 Å². The van der Waals surface area contributed by atoms with Crippen molar-refractivity contribution < 1.29 is 9.72 Å². The second-order valence-electron chi connectivity index (χ2n) is 4.53. The van der Waals surface area contributed by atoms with Gasteiger partial charge in [-0.1, -0.05) is 34.1 Å². The van der Waals surface area contributed by atoms with Crippen LogP contribution in [0, 0.1) is 17.0 Å². The predicted octanol–water partition coefficient (Wildman–Crippen LogP) is 3.60. The van der Waals surface area contributed by atoms with Gasteiger partial charge in [0.1, 0.15) is 0 Å². The minimum Gasteiger partial charge on any atom is -0.348 e. The highest BCUT2D eigenvalue weighted by Gasteiger charge is 2.13. The summed E-state index contributed by atoms with van der Waals surface area (Å²) in [4.78, 5) is 22.5. The lowest BCUT2D eigenvalue weighted by atomic mass is 10.1. The minimum atomic E-state index is -0.453. The standard InChI is InChI=1S/C15H13BrN2O3/c1-10-8-11(6-7-13(10)16)15(19)17-9-12-4-2-3-5-14(12)18(20)21/h2-8H,9H2,1H3,(H,17,19). The molecule has 2 aromatic carbocycles. The number of aryl methyl sites for hydroxylation is 1. The summed E-state index contributed by atoms with van der Waals surface area (Å²) in [5, 5.41) is 13.6. The molecule has 6 heteroatoms. The van der Waals surface area contributed by atoms with Crippen molar-refractivity contribution in [3.63, 3.8) is 0 Å². The van der Waals surface area contributed by atoms with Crippen LogP contribution >= 0.6 is 15.9 Å². The number of nitrogens with zero attached hydrogens (tertiary/aromatic N) is 1. The first kappa shape index (κ1) is 15.2. The van der Waals surface area contributed by atoms with E-state index in [1.165, 1.54) is 6.07 Å². The maximum Gasteiger partial charge on any atom is 0.274 e. The summed E-state index contributed by atoms with van der Waals surface area (Å²) in [5.41, 5.74) is 1.96. The Hall–Kier alpha value is -2.21. The molecule has 0 unspecified atom stereocenters. The van der Waals surface area contributed by atoms with Crippen molar-refractivity contribution >= 4 is 27.5 Å². The van der Waals surface area contributed by atoms with Gasteiger partial charge in [-0.2, -0.15) is 0 Å². The number of rotatable bonds is 4. The molecule has 0 aliphatic carbocycles. The highest BCUT2D eigenvalue weighted by Crippen LogP contribution is 2.19. The van der Waals surface area contributed by atoms with Gasteiger partial charge in [0.05, 0.1) is 4.92 Å². The van der Waals surface area contributed by atoms with E-state index in [0.29, 0.717) is 11.1 Å². The van der Waals surface area contributed by atoms with Crippen molar-refractivity contribution in [3.8, 4) is 0 Å². The van der Waals surface area contributed by atoms with Crippen LogP contribution in [0.5, 0.6) is 0 Å². The lowest BCUT2D eigenvalue weighted by Gasteiger charge is -2.07. The average Bonchev–Trinajstić information content (AvgIpc) is 2.47. The number of para-hydroxylation sites is 1. The molecule has 0 heterocycles. The molecule has 2 aromatic rings. The van der Waals surface area contributed by atoms with Crippen LogP contribution in [-0.2, 0) is 6.54 Å². The Morgan fingerprint density at radius 3 is 2.67 bits per heavy atom. The SMILES string of the molecule is Cc1cc(C(=O)NCc2ccccc2[N+](=O)[O-])ccc1Br. The van der Waals surface area contributed by atoms with Crippen molar-refractivity contribution in [1.29, 1.82) is 0 Å². The van der Waals surface area contributed by atoms with Crippen molar-refractivity contribution in [2.75, 3.05) is 0 Å². The Balaban J connectivity index is 2.11. The van der Waals surface area contributed by atoms with E-state index in [2.05, 4.69) is 21.2 Å². The zero-order chi connectivity index (χ0) is 15.4. The quantitative estimate of drug-likeness (QED) is 0.677. The number of nitro groups is 1. The third kappa shape index (κ3) is 3.66. The molecule has 0 aromatic heterocycles. The first-order valence-corrected chi connectivity index (χ1v) is 7.05. The van der Waals surface area contributed by atoms with E-state index in [4.69, 9.17) is 0 Å². The Morgan fingerprint density at radius 2 is 2.00 bits per heavy atom. The van der Waals surface area contributed by atoms with E-state index < -0.39 is 4.92 Å². The van der Waals surface area contributed by atoms with Crippen LogP contribution in [0.2, 0.25) is 0 Å². The zero-order valence-corrected chi connectivity index (χ0v) is 12.9. The third-order valence-electron chi connectivity index (χ3n) is 3.05. The molecule has 0 saturated heterocycles. The fourth-order valence-corrected chi connectivity index (χ4v) is 2.15. The Bertz CT molecular complexity index is 701. The van der Waals surface area contributed by atoms with Gasteiger partial charge in [-0.15, -0.1) is 0 Å². The number of hydrogen-bond donors (Lipinski definition) is 1. The molecule has 1 amide bonds. The van der Waals surface area contributed by atoms with Crippen LogP contribution in [0.25, 0.3) is 0 Å². The molecule has 1 N–H and O–H groups in total. The molecule has 0 aliphatic heterocycles. The molecular formula is C15H13BrN2O3. The van der Waals surface area contributed by atoms with E-state index in [1.807, 2.05) is 6.92 Å². The summed E-state index contributed by atoms with van der Waals surface area (Å²) >= 11 is 3.37. The van der Waals surface area contributed by atoms with Crippen LogP contribution in [0.4, 0.5) is 5.69 Å². The Labute approximate surface area is 130 Å². The molecule has 0 saturated carbocycles. The van der Waals surface area contributed by atoms with Gasteiger partial charge in [0.2, 0.25) is 0 Å². The molecule has 2 rings (SSSR count). The number of hydrogen-bond acceptors (Lipinski definition) is 3. The van der Waals surface area contributed by atoms with Crippen molar-refractivity contribution in [3.05, 3.63) is 73.7 Å². The summed E-state index contributed by atoms with van der Waals surface area (Å²) in [6.45, 7) is 2.01. The number of amides is 1. The molecule has 0 atom stereocenters. The Morgan fingerprint density at radius 1 is 1.29 bits per heavy atom. The monoisotopic (exact) mass is 348 g/mol. The lowest BCUT2D eigenvalue weighted by Crippen LogP contribution is -2.23. The summed E-state index contributed by atoms with van der Waals surface area (Å²) in [6, 6.07) is 11.6. The van der Waals surface area contributed by atoms with Gasteiger partial charge in [-0.3, -0.25) is 14.9 Å². The summed E-state index contributed by atoms with van der Waals surface area (Å²) in [5.74, 6) is -0.260. The highest BCUT2D eigenvalue weighted by molar-refractivity contribution is 9.10.